The predicted molar refractivity (Wildman–Crippen MR) is 62.0 cm³/mol. The molecule has 7 heteroatoms. The molecule has 0 spiro atoms. The standard InChI is InChI=1S/C11H11ClFNO4/c12-6-1-2-7(8(13)5-6)10(16)14-9(3-4-15)11(17)18/h1-2,5,9,15H,3-4H2,(H,14,16)(H,17,18). The first kappa shape index (κ1) is 14.4. The van der Waals surface area contributed by atoms with E-state index in [1.165, 1.54) is 6.07 Å². The zero-order valence-corrected chi connectivity index (χ0v) is 9.95. The highest BCUT2D eigenvalue weighted by atomic mass is 35.5. The van der Waals surface area contributed by atoms with Gasteiger partial charge in [0.25, 0.3) is 5.91 Å². The van der Waals surface area contributed by atoms with Gasteiger partial charge in [-0.25, -0.2) is 9.18 Å². The molecule has 1 atom stereocenters. The van der Waals surface area contributed by atoms with Gasteiger partial charge in [0.05, 0.1) is 5.56 Å². The van der Waals surface area contributed by atoms with Crippen LogP contribution in [0.3, 0.4) is 0 Å². The van der Waals surface area contributed by atoms with E-state index in [1.807, 2.05) is 0 Å². The van der Waals surface area contributed by atoms with Crippen molar-refractivity contribution in [1.29, 1.82) is 0 Å². The van der Waals surface area contributed by atoms with Gasteiger partial charge in [-0.15, -0.1) is 0 Å². The van der Waals surface area contributed by atoms with Gasteiger partial charge in [-0.05, 0) is 18.2 Å². The van der Waals surface area contributed by atoms with Gasteiger partial charge in [0.15, 0.2) is 0 Å². The summed E-state index contributed by atoms with van der Waals surface area (Å²) in [4.78, 5) is 22.4. The SMILES string of the molecule is O=C(NC(CCO)C(=O)O)c1ccc(Cl)cc1F. The molecule has 0 fully saturated rings. The molecule has 0 aromatic heterocycles. The Balaban J connectivity index is 2.83. The van der Waals surface area contributed by atoms with Crippen LogP contribution in [0.5, 0.6) is 0 Å². The second-order valence-corrected chi connectivity index (χ2v) is 3.94. The van der Waals surface area contributed by atoms with Crippen LogP contribution in [-0.4, -0.2) is 34.7 Å². The van der Waals surface area contributed by atoms with Gasteiger partial charge in [-0.1, -0.05) is 11.6 Å². The van der Waals surface area contributed by atoms with Gasteiger partial charge in [0, 0.05) is 18.1 Å². The molecule has 0 radical (unpaired) electrons. The fourth-order valence-corrected chi connectivity index (χ4v) is 1.45. The Bertz CT molecular complexity index is 466. The Labute approximate surface area is 107 Å². The van der Waals surface area contributed by atoms with Crippen molar-refractivity contribution in [3.63, 3.8) is 0 Å². The lowest BCUT2D eigenvalue weighted by Gasteiger charge is -2.13. The first-order valence-corrected chi connectivity index (χ1v) is 5.43. The molecule has 0 saturated heterocycles. The van der Waals surface area contributed by atoms with Crippen molar-refractivity contribution in [3.8, 4) is 0 Å². The molecule has 0 saturated carbocycles. The Hall–Kier alpha value is -1.66. The summed E-state index contributed by atoms with van der Waals surface area (Å²) in [6.07, 6.45) is -0.156. The third-order valence-corrected chi connectivity index (χ3v) is 2.43. The molecule has 1 rings (SSSR count). The van der Waals surface area contributed by atoms with Gasteiger partial charge in [0.1, 0.15) is 11.9 Å². The normalized spacial score (nSPS) is 11.9. The molecule has 0 aliphatic heterocycles. The Morgan fingerprint density at radius 3 is 2.61 bits per heavy atom. The summed E-state index contributed by atoms with van der Waals surface area (Å²) in [7, 11) is 0. The zero-order valence-electron chi connectivity index (χ0n) is 9.19. The molecule has 5 nitrogen and oxygen atoms in total. The molecule has 0 bridgehead atoms. The van der Waals surface area contributed by atoms with E-state index in [9.17, 15) is 14.0 Å². The fourth-order valence-electron chi connectivity index (χ4n) is 1.30. The highest BCUT2D eigenvalue weighted by molar-refractivity contribution is 6.30. The van der Waals surface area contributed by atoms with Crippen molar-refractivity contribution in [3.05, 3.63) is 34.6 Å². The van der Waals surface area contributed by atoms with Crippen LogP contribution in [0, 0.1) is 5.82 Å². The second-order valence-electron chi connectivity index (χ2n) is 3.50. The number of carboxylic acids is 1. The van der Waals surface area contributed by atoms with Gasteiger partial charge in [0.2, 0.25) is 0 Å². The number of carbonyl (C=O) groups excluding carboxylic acids is 1. The van der Waals surface area contributed by atoms with Crippen molar-refractivity contribution < 1.29 is 24.2 Å². The quantitative estimate of drug-likeness (QED) is 0.749. The zero-order chi connectivity index (χ0) is 13.7. The monoisotopic (exact) mass is 275 g/mol. The van der Waals surface area contributed by atoms with Crippen LogP contribution in [0.25, 0.3) is 0 Å². The Kier molecular flexibility index (Phi) is 5.06. The van der Waals surface area contributed by atoms with Crippen molar-refractivity contribution in [1.82, 2.24) is 5.32 Å². The maximum atomic E-state index is 13.4. The number of aliphatic hydroxyl groups excluding tert-OH is 1. The molecule has 1 aromatic carbocycles. The minimum atomic E-state index is -1.30. The van der Waals surface area contributed by atoms with Gasteiger partial charge in [-0.2, -0.15) is 0 Å². The number of hydrogen-bond donors (Lipinski definition) is 3. The van der Waals surface area contributed by atoms with Crippen LogP contribution >= 0.6 is 11.6 Å². The van der Waals surface area contributed by atoms with E-state index in [1.54, 1.807) is 0 Å². The van der Waals surface area contributed by atoms with Crippen LogP contribution < -0.4 is 5.32 Å². The highest BCUT2D eigenvalue weighted by Gasteiger charge is 2.21. The van der Waals surface area contributed by atoms with E-state index in [4.69, 9.17) is 21.8 Å². The fraction of sp³-hybridized carbons (Fsp3) is 0.273. The number of carbonyl (C=O) groups is 2. The summed E-state index contributed by atoms with van der Waals surface area (Å²) in [5, 5.41) is 19.7. The summed E-state index contributed by atoms with van der Waals surface area (Å²) < 4.78 is 13.4. The lowest BCUT2D eigenvalue weighted by molar-refractivity contribution is -0.139. The molecule has 3 N–H and O–H groups in total. The smallest absolute Gasteiger partial charge is 0.326 e. The van der Waals surface area contributed by atoms with Crippen LogP contribution in [-0.2, 0) is 4.79 Å². The minimum Gasteiger partial charge on any atom is -0.480 e. The second kappa shape index (κ2) is 6.32. The summed E-state index contributed by atoms with van der Waals surface area (Å²) in [5.74, 6) is -3.01. The van der Waals surface area contributed by atoms with E-state index in [-0.39, 0.29) is 17.0 Å². The molecule has 1 amide bonds. The van der Waals surface area contributed by atoms with E-state index in [0.29, 0.717) is 0 Å². The highest BCUT2D eigenvalue weighted by Crippen LogP contribution is 2.14. The van der Waals surface area contributed by atoms with Crippen molar-refractivity contribution in [2.24, 2.45) is 0 Å². The third kappa shape index (κ3) is 3.68. The van der Waals surface area contributed by atoms with Gasteiger partial charge < -0.3 is 15.5 Å². The lowest BCUT2D eigenvalue weighted by Crippen LogP contribution is -2.41. The van der Waals surface area contributed by atoms with Crippen molar-refractivity contribution in [2.75, 3.05) is 6.61 Å². The number of benzene rings is 1. The number of aliphatic carboxylic acids is 1. The predicted octanol–water partition coefficient (Wildman–Crippen LogP) is 1.04. The number of nitrogens with one attached hydrogen (secondary N) is 1. The third-order valence-electron chi connectivity index (χ3n) is 2.20. The van der Waals surface area contributed by atoms with E-state index in [2.05, 4.69) is 5.32 Å². The van der Waals surface area contributed by atoms with Crippen LogP contribution in [0.2, 0.25) is 5.02 Å². The number of aliphatic hydroxyl groups is 1. The maximum Gasteiger partial charge on any atom is 0.326 e. The van der Waals surface area contributed by atoms with Gasteiger partial charge >= 0.3 is 5.97 Å². The van der Waals surface area contributed by atoms with Crippen LogP contribution in [0.15, 0.2) is 18.2 Å². The van der Waals surface area contributed by atoms with Gasteiger partial charge in [-0.3, -0.25) is 4.79 Å². The number of hydrogen-bond acceptors (Lipinski definition) is 3. The van der Waals surface area contributed by atoms with Crippen LogP contribution in [0.4, 0.5) is 4.39 Å². The molecular formula is C11H11ClFNO4. The summed E-state index contributed by atoms with van der Waals surface area (Å²) in [5.41, 5.74) is -0.302. The molecule has 98 valence electrons. The molecule has 1 unspecified atom stereocenters. The summed E-state index contributed by atoms with van der Waals surface area (Å²) in [6.45, 7) is -0.402. The summed E-state index contributed by atoms with van der Waals surface area (Å²) >= 11 is 5.53. The number of rotatable bonds is 5. The molecule has 1 aromatic rings. The Morgan fingerprint density at radius 2 is 2.11 bits per heavy atom. The molecule has 18 heavy (non-hydrogen) atoms. The number of halogens is 2. The summed E-state index contributed by atoms with van der Waals surface area (Å²) in [6, 6.07) is 2.17. The topological polar surface area (TPSA) is 86.6 Å². The molecule has 0 heterocycles. The maximum absolute atomic E-state index is 13.4. The lowest BCUT2D eigenvalue weighted by atomic mass is 10.1. The molecular weight excluding hydrogens is 265 g/mol. The largest absolute Gasteiger partial charge is 0.480 e. The molecule has 0 aliphatic carbocycles. The number of amides is 1. The average Bonchev–Trinajstić information content (AvgIpc) is 2.27. The number of carboxylic acid groups (broad SMARTS) is 1. The molecule has 0 aliphatic rings. The first-order valence-electron chi connectivity index (χ1n) is 5.05. The Morgan fingerprint density at radius 1 is 1.44 bits per heavy atom. The minimum absolute atomic E-state index is 0.134. The van der Waals surface area contributed by atoms with E-state index < -0.39 is 30.3 Å². The van der Waals surface area contributed by atoms with E-state index in [0.717, 1.165) is 12.1 Å². The van der Waals surface area contributed by atoms with Crippen molar-refractivity contribution >= 4 is 23.5 Å². The van der Waals surface area contributed by atoms with Crippen molar-refractivity contribution in [2.45, 2.75) is 12.5 Å². The average molecular weight is 276 g/mol. The van der Waals surface area contributed by atoms with E-state index >= 15 is 0 Å². The van der Waals surface area contributed by atoms with Crippen LogP contribution in [0.1, 0.15) is 16.8 Å². The first-order chi connectivity index (χ1) is 8.45.